The maximum absolute atomic E-state index is 12.7. The Balaban J connectivity index is 2.01. The number of aryl methyl sites for hydroxylation is 2. The van der Waals surface area contributed by atoms with Crippen molar-refractivity contribution >= 4 is 5.91 Å². The first-order valence-corrected chi connectivity index (χ1v) is 8.13. The van der Waals surface area contributed by atoms with Crippen LogP contribution in [0.1, 0.15) is 21.5 Å². The van der Waals surface area contributed by atoms with Crippen molar-refractivity contribution in [1.29, 1.82) is 0 Å². The Morgan fingerprint density at radius 2 is 1.72 bits per heavy atom. The van der Waals surface area contributed by atoms with Gasteiger partial charge in [-0.3, -0.25) is 4.79 Å². The first kappa shape index (κ1) is 18.6. The molecule has 0 fully saturated rings. The summed E-state index contributed by atoms with van der Waals surface area (Å²) in [4.78, 5) is 14.3. The van der Waals surface area contributed by atoms with E-state index < -0.39 is 0 Å². The number of carbonyl (C=O) groups is 1. The summed E-state index contributed by atoms with van der Waals surface area (Å²) in [6, 6.07) is 11.3. The smallest absolute Gasteiger partial charge is 0.257 e. The van der Waals surface area contributed by atoms with Gasteiger partial charge in [0.2, 0.25) is 0 Å². The van der Waals surface area contributed by atoms with Crippen LogP contribution in [0.2, 0.25) is 0 Å². The third-order valence-electron chi connectivity index (χ3n) is 3.87. The zero-order valence-electron chi connectivity index (χ0n) is 15.5. The Morgan fingerprint density at radius 1 is 1.04 bits per heavy atom. The summed E-state index contributed by atoms with van der Waals surface area (Å²) in [6.45, 7) is 4.94. The SMILES string of the molecule is COc1cccc(C(=O)N(C)CCOc2cc(C)cc(C)c2)c1OC. The van der Waals surface area contributed by atoms with Crippen molar-refractivity contribution in [2.24, 2.45) is 0 Å². The third-order valence-corrected chi connectivity index (χ3v) is 3.87. The van der Waals surface area contributed by atoms with E-state index in [9.17, 15) is 4.79 Å². The summed E-state index contributed by atoms with van der Waals surface area (Å²) in [5, 5.41) is 0. The monoisotopic (exact) mass is 343 g/mol. The molecule has 0 spiro atoms. The summed E-state index contributed by atoms with van der Waals surface area (Å²) in [5.41, 5.74) is 2.77. The van der Waals surface area contributed by atoms with Gasteiger partial charge in [-0.05, 0) is 49.2 Å². The minimum absolute atomic E-state index is 0.139. The predicted octanol–water partition coefficient (Wildman–Crippen LogP) is 3.47. The van der Waals surface area contributed by atoms with Gasteiger partial charge in [0.15, 0.2) is 11.5 Å². The van der Waals surface area contributed by atoms with Gasteiger partial charge in [-0.25, -0.2) is 0 Å². The Bertz CT molecular complexity index is 722. The minimum atomic E-state index is -0.139. The lowest BCUT2D eigenvalue weighted by Crippen LogP contribution is -2.31. The van der Waals surface area contributed by atoms with E-state index in [-0.39, 0.29) is 5.91 Å². The van der Waals surface area contributed by atoms with Gasteiger partial charge in [0.05, 0.1) is 26.3 Å². The average molecular weight is 343 g/mol. The van der Waals surface area contributed by atoms with Crippen LogP contribution < -0.4 is 14.2 Å². The molecule has 134 valence electrons. The molecule has 5 nitrogen and oxygen atoms in total. The molecule has 2 aromatic carbocycles. The number of benzene rings is 2. The van der Waals surface area contributed by atoms with E-state index in [1.165, 1.54) is 7.11 Å². The van der Waals surface area contributed by atoms with E-state index in [0.29, 0.717) is 30.2 Å². The van der Waals surface area contributed by atoms with Crippen molar-refractivity contribution in [3.05, 3.63) is 53.1 Å². The average Bonchev–Trinajstić information content (AvgIpc) is 2.59. The number of para-hydroxylation sites is 1. The molecule has 0 unspecified atom stereocenters. The maximum Gasteiger partial charge on any atom is 0.257 e. The van der Waals surface area contributed by atoms with E-state index in [4.69, 9.17) is 14.2 Å². The summed E-state index contributed by atoms with van der Waals surface area (Å²) in [5.74, 6) is 1.65. The van der Waals surface area contributed by atoms with Crippen molar-refractivity contribution in [2.75, 3.05) is 34.4 Å². The molecule has 0 heterocycles. The number of methoxy groups -OCH3 is 2. The molecule has 2 rings (SSSR count). The lowest BCUT2D eigenvalue weighted by atomic mass is 10.1. The molecule has 0 aliphatic carbocycles. The van der Waals surface area contributed by atoms with Crippen molar-refractivity contribution in [1.82, 2.24) is 4.90 Å². The van der Waals surface area contributed by atoms with E-state index in [1.54, 1.807) is 37.3 Å². The first-order chi connectivity index (χ1) is 12.0. The Hall–Kier alpha value is -2.69. The van der Waals surface area contributed by atoms with Crippen LogP contribution in [0, 0.1) is 13.8 Å². The zero-order chi connectivity index (χ0) is 18.4. The van der Waals surface area contributed by atoms with Crippen LogP contribution in [0.15, 0.2) is 36.4 Å². The molecule has 0 N–H and O–H groups in total. The molecule has 0 saturated heterocycles. The summed E-state index contributed by atoms with van der Waals surface area (Å²) >= 11 is 0. The zero-order valence-corrected chi connectivity index (χ0v) is 15.5. The number of likely N-dealkylation sites (N-methyl/N-ethyl adjacent to an activating group) is 1. The van der Waals surface area contributed by atoms with Crippen LogP contribution in [0.25, 0.3) is 0 Å². The van der Waals surface area contributed by atoms with E-state index in [0.717, 1.165) is 16.9 Å². The number of carbonyl (C=O) groups excluding carboxylic acids is 1. The van der Waals surface area contributed by atoms with Crippen molar-refractivity contribution in [3.63, 3.8) is 0 Å². The fraction of sp³-hybridized carbons (Fsp3) is 0.350. The quantitative estimate of drug-likeness (QED) is 0.772. The summed E-state index contributed by atoms with van der Waals surface area (Å²) in [6.07, 6.45) is 0. The highest BCUT2D eigenvalue weighted by Gasteiger charge is 2.19. The van der Waals surface area contributed by atoms with Crippen LogP contribution in [0.4, 0.5) is 0 Å². The van der Waals surface area contributed by atoms with Gasteiger partial charge < -0.3 is 19.1 Å². The van der Waals surface area contributed by atoms with Crippen molar-refractivity contribution < 1.29 is 19.0 Å². The number of rotatable bonds is 7. The van der Waals surface area contributed by atoms with Crippen LogP contribution in [-0.4, -0.2) is 45.2 Å². The number of ether oxygens (including phenoxy) is 3. The number of hydrogen-bond donors (Lipinski definition) is 0. The van der Waals surface area contributed by atoms with Gasteiger partial charge in [0.1, 0.15) is 12.4 Å². The second-order valence-corrected chi connectivity index (χ2v) is 5.94. The van der Waals surface area contributed by atoms with E-state index in [2.05, 4.69) is 6.07 Å². The largest absolute Gasteiger partial charge is 0.493 e. The molecule has 0 radical (unpaired) electrons. The Kier molecular flexibility index (Phi) is 6.28. The van der Waals surface area contributed by atoms with E-state index >= 15 is 0 Å². The minimum Gasteiger partial charge on any atom is -0.493 e. The molecule has 0 aromatic heterocycles. The molecule has 0 atom stereocenters. The van der Waals surface area contributed by atoms with Crippen molar-refractivity contribution in [3.8, 4) is 17.2 Å². The summed E-state index contributed by atoms with van der Waals surface area (Å²) < 4.78 is 16.4. The highest BCUT2D eigenvalue weighted by atomic mass is 16.5. The molecular weight excluding hydrogens is 318 g/mol. The number of nitrogens with zero attached hydrogens (tertiary/aromatic N) is 1. The predicted molar refractivity (Wildman–Crippen MR) is 97.9 cm³/mol. The fourth-order valence-electron chi connectivity index (χ4n) is 2.68. The number of hydrogen-bond acceptors (Lipinski definition) is 4. The molecule has 2 aromatic rings. The van der Waals surface area contributed by atoms with Gasteiger partial charge in [-0.2, -0.15) is 0 Å². The molecular formula is C20H25NO4. The van der Waals surface area contributed by atoms with Gasteiger partial charge in [0, 0.05) is 7.05 Å². The van der Waals surface area contributed by atoms with Gasteiger partial charge >= 0.3 is 0 Å². The molecule has 0 saturated carbocycles. The van der Waals surface area contributed by atoms with E-state index in [1.807, 2.05) is 26.0 Å². The second kappa shape index (κ2) is 8.42. The van der Waals surface area contributed by atoms with Crippen LogP contribution in [0.5, 0.6) is 17.2 Å². The topological polar surface area (TPSA) is 48.0 Å². The molecule has 0 aliphatic rings. The lowest BCUT2D eigenvalue weighted by Gasteiger charge is -2.20. The lowest BCUT2D eigenvalue weighted by molar-refractivity contribution is 0.0769. The third kappa shape index (κ3) is 4.66. The normalized spacial score (nSPS) is 10.3. The standard InChI is InChI=1S/C20H25NO4/c1-14-11-15(2)13-16(12-14)25-10-9-21(3)20(22)17-7-6-8-18(23-4)19(17)24-5/h6-8,11-13H,9-10H2,1-5H3. The molecule has 5 heteroatoms. The summed E-state index contributed by atoms with van der Waals surface area (Å²) in [7, 11) is 4.82. The highest BCUT2D eigenvalue weighted by Crippen LogP contribution is 2.31. The first-order valence-electron chi connectivity index (χ1n) is 8.13. The fourth-order valence-corrected chi connectivity index (χ4v) is 2.68. The maximum atomic E-state index is 12.7. The highest BCUT2D eigenvalue weighted by molar-refractivity contribution is 5.97. The molecule has 1 amide bonds. The van der Waals surface area contributed by atoms with Gasteiger partial charge in [-0.15, -0.1) is 0 Å². The second-order valence-electron chi connectivity index (χ2n) is 5.94. The Labute approximate surface area is 149 Å². The van der Waals surface area contributed by atoms with Gasteiger partial charge in [0.25, 0.3) is 5.91 Å². The van der Waals surface area contributed by atoms with Crippen LogP contribution >= 0.6 is 0 Å². The molecule has 25 heavy (non-hydrogen) atoms. The molecule has 0 bridgehead atoms. The van der Waals surface area contributed by atoms with Crippen molar-refractivity contribution in [2.45, 2.75) is 13.8 Å². The van der Waals surface area contributed by atoms with Gasteiger partial charge in [-0.1, -0.05) is 12.1 Å². The van der Waals surface area contributed by atoms with Crippen LogP contribution in [-0.2, 0) is 0 Å². The van der Waals surface area contributed by atoms with Crippen LogP contribution in [0.3, 0.4) is 0 Å². The molecule has 0 aliphatic heterocycles. The number of amides is 1. The Morgan fingerprint density at radius 3 is 2.32 bits per heavy atom.